The monoisotopic (exact) mass is 202 g/mol. The number of hydrogen-bond acceptors (Lipinski definition) is 4. The van der Waals surface area contributed by atoms with Gasteiger partial charge in [-0.2, -0.15) is 0 Å². The van der Waals surface area contributed by atoms with Gasteiger partial charge in [0.1, 0.15) is 17.2 Å². The molecule has 0 aliphatic carbocycles. The van der Waals surface area contributed by atoms with Gasteiger partial charge >= 0.3 is 0 Å². The standard InChI is InChI=1S/C11H8NO3/c1-15-8-2-3-10-9(5-8)11(14)4-7(6-13)12-10/h2-5H,1H3,(H,12,14). The molecule has 0 atom stereocenters. The van der Waals surface area contributed by atoms with Crippen molar-refractivity contribution in [2.75, 3.05) is 7.11 Å². The van der Waals surface area contributed by atoms with Crippen molar-refractivity contribution >= 4 is 17.2 Å². The van der Waals surface area contributed by atoms with Crippen LogP contribution in [0.3, 0.4) is 0 Å². The Morgan fingerprint density at radius 2 is 2.20 bits per heavy atom. The topological polar surface area (TPSA) is 59.4 Å². The van der Waals surface area contributed by atoms with E-state index < -0.39 is 0 Å². The molecule has 75 valence electrons. The van der Waals surface area contributed by atoms with Gasteiger partial charge in [0.05, 0.1) is 12.6 Å². The Bertz CT molecular complexity index is 522. The molecule has 2 rings (SSSR count). The van der Waals surface area contributed by atoms with E-state index in [4.69, 9.17) is 4.74 Å². The Balaban J connectivity index is 2.73. The Labute approximate surface area is 86.1 Å². The van der Waals surface area contributed by atoms with Crippen LogP contribution in [0.25, 0.3) is 10.9 Å². The van der Waals surface area contributed by atoms with E-state index in [0.717, 1.165) is 0 Å². The van der Waals surface area contributed by atoms with Crippen LogP contribution in [0.2, 0.25) is 0 Å². The summed E-state index contributed by atoms with van der Waals surface area (Å²) in [7, 11) is 1.54. The van der Waals surface area contributed by atoms with Crippen molar-refractivity contribution in [3.63, 3.8) is 0 Å². The van der Waals surface area contributed by atoms with Crippen LogP contribution in [0.1, 0.15) is 5.69 Å². The van der Waals surface area contributed by atoms with Crippen molar-refractivity contribution in [2.45, 2.75) is 0 Å². The van der Waals surface area contributed by atoms with Crippen LogP contribution >= 0.6 is 0 Å². The first-order valence-electron chi connectivity index (χ1n) is 4.30. The van der Waals surface area contributed by atoms with Gasteiger partial charge in [-0.3, -0.25) is 4.79 Å². The summed E-state index contributed by atoms with van der Waals surface area (Å²) in [4.78, 5) is 14.4. The Hall–Kier alpha value is -2.10. The summed E-state index contributed by atoms with van der Waals surface area (Å²) in [6, 6.07) is 6.32. The molecule has 0 aliphatic heterocycles. The quantitative estimate of drug-likeness (QED) is 0.799. The number of ether oxygens (including phenoxy) is 1. The van der Waals surface area contributed by atoms with Crippen LogP contribution < -0.4 is 4.74 Å². The molecule has 0 saturated heterocycles. The number of pyridine rings is 1. The molecule has 1 aromatic carbocycles. The highest BCUT2D eigenvalue weighted by Gasteiger charge is 2.05. The van der Waals surface area contributed by atoms with Crippen molar-refractivity contribution in [3.05, 3.63) is 30.0 Å². The first-order chi connectivity index (χ1) is 7.24. The van der Waals surface area contributed by atoms with E-state index in [2.05, 4.69) is 4.98 Å². The number of carbonyl (C=O) groups excluding carboxylic acids is 1. The Kier molecular flexibility index (Phi) is 2.25. The molecule has 0 saturated carbocycles. The van der Waals surface area contributed by atoms with E-state index in [1.165, 1.54) is 6.07 Å². The summed E-state index contributed by atoms with van der Waals surface area (Å²) in [6.07, 6.45) is 1.64. The smallest absolute Gasteiger partial charge is 0.253 e. The fraction of sp³-hybridized carbons (Fsp3) is 0.0909. The molecule has 0 amide bonds. The predicted molar refractivity (Wildman–Crippen MR) is 54.8 cm³/mol. The largest absolute Gasteiger partial charge is 0.507 e. The molecule has 2 aromatic rings. The predicted octanol–water partition coefficient (Wildman–Crippen LogP) is 1.41. The maximum absolute atomic E-state index is 10.4. The molecule has 0 unspecified atom stereocenters. The number of rotatable bonds is 2. The molecule has 1 N–H and O–H groups in total. The van der Waals surface area contributed by atoms with Crippen LogP contribution in [-0.2, 0) is 4.79 Å². The molecule has 1 radical (unpaired) electrons. The van der Waals surface area contributed by atoms with Crippen molar-refractivity contribution in [3.8, 4) is 11.5 Å². The third kappa shape index (κ3) is 1.61. The molecular weight excluding hydrogens is 194 g/mol. The number of benzene rings is 1. The van der Waals surface area contributed by atoms with Gasteiger partial charge < -0.3 is 9.84 Å². The van der Waals surface area contributed by atoms with Crippen LogP contribution in [-0.4, -0.2) is 23.5 Å². The average molecular weight is 202 g/mol. The molecule has 4 nitrogen and oxygen atoms in total. The van der Waals surface area contributed by atoms with Gasteiger partial charge in [-0.1, -0.05) is 0 Å². The molecule has 1 heterocycles. The third-order valence-corrected chi connectivity index (χ3v) is 2.10. The van der Waals surface area contributed by atoms with Crippen LogP contribution in [0, 0.1) is 0 Å². The average Bonchev–Trinajstić information content (AvgIpc) is 2.28. The molecule has 0 spiro atoms. The molecule has 0 bridgehead atoms. The first-order valence-corrected chi connectivity index (χ1v) is 4.30. The zero-order valence-electron chi connectivity index (χ0n) is 8.02. The summed E-state index contributed by atoms with van der Waals surface area (Å²) in [5.41, 5.74) is 0.624. The second-order valence-electron chi connectivity index (χ2n) is 3.01. The zero-order valence-corrected chi connectivity index (χ0v) is 8.02. The minimum Gasteiger partial charge on any atom is -0.507 e. The molecule has 4 heteroatoms. The minimum absolute atomic E-state index is 0.00255. The van der Waals surface area contributed by atoms with Crippen LogP contribution in [0.15, 0.2) is 24.3 Å². The van der Waals surface area contributed by atoms with Crippen molar-refractivity contribution in [2.24, 2.45) is 0 Å². The van der Waals surface area contributed by atoms with Crippen molar-refractivity contribution in [1.29, 1.82) is 0 Å². The fourth-order valence-electron chi connectivity index (χ4n) is 1.37. The van der Waals surface area contributed by atoms with Gasteiger partial charge in [0.2, 0.25) is 0 Å². The summed E-state index contributed by atoms with van der Waals surface area (Å²) in [5, 5.41) is 10.2. The van der Waals surface area contributed by atoms with Gasteiger partial charge in [0, 0.05) is 11.5 Å². The van der Waals surface area contributed by atoms with E-state index in [1.807, 2.05) is 0 Å². The highest BCUT2D eigenvalue weighted by atomic mass is 16.5. The van der Waals surface area contributed by atoms with E-state index in [-0.39, 0.29) is 11.4 Å². The summed E-state index contributed by atoms with van der Waals surface area (Å²) >= 11 is 0. The molecule has 0 fully saturated rings. The number of fused-ring (bicyclic) bond motifs is 1. The lowest BCUT2D eigenvalue weighted by Crippen LogP contribution is -1.89. The zero-order chi connectivity index (χ0) is 10.8. The highest BCUT2D eigenvalue weighted by Crippen LogP contribution is 2.27. The van der Waals surface area contributed by atoms with Crippen LogP contribution in [0.5, 0.6) is 11.5 Å². The summed E-state index contributed by atoms with van der Waals surface area (Å²) < 4.78 is 5.02. The fourth-order valence-corrected chi connectivity index (χ4v) is 1.37. The van der Waals surface area contributed by atoms with E-state index >= 15 is 0 Å². The molecule has 0 aliphatic rings. The SMILES string of the molecule is COc1ccc2nc([C]=O)cc(O)c2c1. The van der Waals surface area contributed by atoms with Gasteiger partial charge in [-0.25, -0.2) is 4.98 Å². The maximum atomic E-state index is 10.4. The van der Waals surface area contributed by atoms with E-state index in [0.29, 0.717) is 16.7 Å². The second-order valence-corrected chi connectivity index (χ2v) is 3.01. The highest BCUT2D eigenvalue weighted by molar-refractivity contribution is 5.89. The second kappa shape index (κ2) is 3.57. The number of nitrogens with zero attached hydrogens (tertiary/aromatic N) is 1. The number of aromatic hydroxyl groups is 1. The molecular formula is C11H8NO3. The number of methoxy groups -OCH3 is 1. The Morgan fingerprint density at radius 1 is 1.40 bits per heavy atom. The lowest BCUT2D eigenvalue weighted by atomic mass is 10.2. The summed E-state index contributed by atoms with van der Waals surface area (Å²) in [6.45, 7) is 0. The first kappa shape index (κ1) is 9.45. The van der Waals surface area contributed by atoms with Crippen molar-refractivity contribution in [1.82, 2.24) is 4.98 Å². The van der Waals surface area contributed by atoms with E-state index in [9.17, 15) is 9.90 Å². The van der Waals surface area contributed by atoms with Crippen LogP contribution in [0.4, 0.5) is 0 Å². The van der Waals surface area contributed by atoms with Gasteiger partial charge in [0.25, 0.3) is 6.29 Å². The normalized spacial score (nSPS) is 10.2. The number of aromatic nitrogens is 1. The number of hydrogen-bond donors (Lipinski definition) is 1. The lowest BCUT2D eigenvalue weighted by molar-refractivity contribution is 0.415. The summed E-state index contributed by atoms with van der Waals surface area (Å²) in [5.74, 6) is 0.625. The maximum Gasteiger partial charge on any atom is 0.253 e. The van der Waals surface area contributed by atoms with Crippen molar-refractivity contribution < 1.29 is 14.6 Å². The van der Waals surface area contributed by atoms with Gasteiger partial charge in [-0.15, -0.1) is 0 Å². The minimum atomic E-state index is -0.00255. The van der Waals surface area contributed by atoms with E-state index in [1.54, 1.807) is 31.6 Å². The molecule has 1 aromatic heterocycles. The van der Waals surface area contributed by atoms with Gasteiger partial charge in [0.15, 0.2) is 0 Å². The molecule has 15 heavy (non-hydrogen) atoms. The van der Waals surface area contributed by atoms with Gasteiger partial charge in [-0.05, 0) is 18.2 Å². The lowest BCUT2D eigenvalue weighted by Gasteiger charge is -2.04. The Morgan fingerprint density at radius 3 is 2.87 bits per heavy atom. The third-order valence-electron chi connectivity index (χ3n) is 2.10.